The summed E-state index contributed by atoms with van der Waals surface area (Å²) in [7, 11) is 0. The maximum Gasteiger partial charge on any atom is 0.320 e. The maximum atomic E-state index is 11.5. The Morgan fingerprint density at radius 2 is 1.62 bits per heavy atom. The van der Waals surface area contributed by atoms with Gasteiger partial charge < -0.3 is 30.6 Å². The van der Waals surface area contributed by atoms with Gasteiger partial charge in [-0.15, -0.1) is 0 Å². The van der Waals surface area contributed by atoms with E-state index in [2.05, 4.69) is 5.32 Å². The van der Waals surface area contributed by atoms with E-state index in [0.29, 0.717) is 0 Å². The van der Waals surface area contributed by atoms with Crippen molar-refractivity contribution in [1.29, 1.82) is 0 Å². The molecule has 0 aliphatic rings. The maximum absolute atomic E-state index is 11.5. The number of aliphatic hydroxyl groups is 4. The molecule has 0 aromatic carbocycles. The standard InChI is InChI=1S/C11H19NO9/c13-4-7(15)10(19)9(18)6(14)3-12-5(11(20)21)1-2-8(16)17/h5,7,9-10,12-13,15,18-19H,1-4H2,(H,16,17)(H,20,21). The highest BCUT2D eigenvalue weighted by molar-refractivity contribution is 5.86. The number of Topliss-reactive ketones (excluding diaryl/α,β-unsaturated/α-hetero) is 1. The quantitative estimate of drug-likeness (QED) is 0.202. The fraction of sp³-hybridized carbons (Fsp3) is 0.727. The van der Waals surface area contributed by atoms with Gasteiger partial charge in [-0.05, 0) is 6.42 Å². The Kier molecular flexibility index (Phi) is 8.66. The zero-order valence-electron chi connectivity index (χ0n) is 11.0. The van der Waals surface area contributed by atoms with E-state index in [1.165, 1.54) is 0 Å². The average molecular weight is 309 g/mol. The number of hydrogen-bond acceptors (Lipinski definition) is 8. The van der Waals surface area contributed by atoms with Crippen LogP contribution in [0.5, 0.6) is 0 Å². The lowest BCUT2D eigenvalue weighted by Crippen LogP contribution is -2.48. The van der Waals surface area contributed by atoms with Crippen LogP contribution < -0.4 is 5.32 Å². The third-order valence-corrected chi connectivity index (χ3v) is 2.70. The molecular formula is C11H19NO9. The number of carbonyl (C=O) groups is 3. The minimum Gasteiger partial charge on any atom is -0.481 e. The number of ketones is 1. The molecular weight excluding hydrogens is 290 g/mol. The average Bonchev–Trinajstić information content (AvgIpc) is 2.43. The van der Waals surface area contributed by atoms with Crippen LogP contribution in [-0.2, 0) is 14.4 Å². The summed E-state index contributed by atoms with van der Waals surface area (Å²) in [5.74, 6) is -3.57. The molecule has 0 aliphatic heterocycles. The van der Waals surface area contributed by atoms with E-state index < -0.39 is 61.6 Å². The first-order chi connectivity index (χ1) is 9.70. The van der Waals surface area contributed by atoms with Crippen LogP contribution in [0.4, 0.5) is 0 Å². The van der Waals surface area contributed by atoms with Crippen molar-refractivity contribution >= 4 is 17.7 Å². The van der Waals surface area contributed by atoms with Crippen LogP contribution in [0.15, 0.2) is 0 Å². The Morgan fingerprint density at radius 1 is 1.05 bits per heavy atom. The van der Waals surface area contributed by atoms with E-state index in [-0.39, 0.29) is 6.42 Å². The van der Waals surface area contributed by atoms with E-state index >= 15 is 0 Å². The Balaban J connectivity index is 4.41. The molecule has 4 unspecified atom stereocenters. The third kappa shape index (κ3) is 7.11. The van der Waals surface area contributed by atoms with E-state index in [1.807, 2.05) is 0 Å². The van der Waals surface area contributed by atoms with Crippen molar-refractivity contribution in [3.8, 4) is 0 Å². The van der Waals surface area contributed by atoms with Crippen molar-refractivity contribution < 1.29 is 45.0 Å². The zero-order chi connectivity index (χ0) is 16.6. The molecule has 0 spiro atoms. The van der Waals surface area contributed by atoms with Crippen molar-refractivity contribution in [2.75, 3.05) is 13.2 Å². The predicted octanol–water partition coefficient (Wildman–Crippen LogP) is -3.46. The molecule has 10 nitrogen and oxygen atoms in total. The molecule has 7 N–H and O–H groups in total. The lowest BCUT2D eigenvalue weighted by molar-refractivity contribution is -0.142. The number of nitrogens with one attached hydrogen (secondary N) is 1. The summed E-state index contributed by atoms with van der Waals surface area (Å²) in [5.41, 5.74) is 0. The second kappa shape index (κ2) is 9.37. The lowest BCUT2D eigenvalue weighted by atomic mass is 10.0. The van der Waals surface area contributed by atoms with Gasteiger partial charge in [0, 0.05) is 6.42 Å². The van der Waals surface area contributed by atoms with Crippen molar-refractivity contribution in [2.45, 2.75) is 37.2 Å². The van der Waals surface area contributed by atoms with Gasteiger partial charge in [0.2, 0.25) is 0 Å². The summed E-state index contributed by atoms with van der Waals surface area (Å²) < 4.78 is 0. The fourth-order valence-electron chi connectivity index (χ4n) is 1.42. The van der Waals surface area contributed by atoms with E-state index in [4.69, 9.17) is 20.4 Å². The normalized spacial score (nSPS) is 16.8. The van der Waals surface area contributed by atoms with E-state index in [0.717, 1.165) is 0 Å². The molecule has 0 aliphatic carbocycles. The summed E-state index contributed by atoms with van der Waals surface area (Å²) in [5, 5.41) is 55.9. The first-order valence-corrected chi connectivity index (χ1v) is 6.06. The van der Waals surface area contributed by atoms with Crippen molar-refractivity contribution in [1.82, 2.24) is 5.32 Å². The summed E-state index contributed by atoms with van der Waals surface area (Å²) >= 11 is 0. The number of aliphatic hydroxyl groups excluding tert-OH is 4. The molecule has 0 aromatic heterocycles. The van der Waals surface area contributed by atoms with Gasteiger partial charge in [0.25, 0.3) is 0 Å². The van der Waals surface area contributed by atoms with Gasteiger partial charge in [0.1, 0.15) is 24.4 Å². The molecule has 4 atom stereocenters. The molecule has 0 rings (SSSR count). The van der Waals surface area contributed by atoms with Crippen LogP contribution >= 0.6 is 0 Å². The van der Waals surface area contributed by atoms with Crippen LogP contribution in [0.1, 0.15) is 12.8 Å². The number of hydrogen-bond donors (Lipinski definition) is 7. The minimum absolute atomic E-state index is 0.268. The van der Waals surface area contributed by atoms with Gasteiger partial charge >= 0.3 is 11.9 Å². The van der Waals surface area contributed by atoms with E-state index in [9.17, 15) is 24.6 Å². The van der Waals surface area contributed by atoms with Gasteiger partial charge in [0.05, 0.1) is 13.2 Å². The zero-order valence-corrected chi connectivity index (χ0v) is 11.0. The van der Waals surface area contributed by atoms with Crippen LogP contribution in [0, 0.1) is 0 Å². The SMILES string of the molecule is O=C(O)CCC(NCC(=O)C(O)C(O)C(O)CO)C(=O)O. The molecule has 0 bridgehead atoms. The highest BCUT2D eigenvalue weighted by Crippen LogP contribution is 2.02. The molecule has 0 fully saturated rings. The number of carboxylic acids is 2. The Bertz CT molecular complexity index is 373. The van der Waals surface area contributed by atoms with Gasteiger partial charge in [-0.1, -0.05) is 0 Å². The summed E-state index contributed by atoms with van der Waals surface area (Å²) in [6, 6.07) is -1.31. The monoisotopic (exact) mass is 309 g/mol. The highest BCUT2D eigenvalue weighted by atomic mass is 16.4. The topological polar surface area (TPSA) is 185 Å². The molecule has 10 heteroatoms. The van der Waals surface area contributed by atoms with E-state index in [1.54, 1.807) is 0 Å². The largest absolute Gasteiger partial charge is 0.481 e. The summed E-state index contributed by atoms with van der Waals surface area (Å²) in [6.45, 7) is -1.51. The van der Waals surface area contributed by atoms with Crippen molar-refractivity contribution in [3.63, 3.8) is 0 Å². The van der Waals surface area contributed by atoms with Crippen LogP contribution in [0.25, 0.3) is 0 Å². The molecule has 21 heavy (non-hydrogen) atoms. The Morgan fingerprint density at radius 3 is 2.05 bits per heavy atom. The molecule has 0 heterocycles. The van der Waals surface area contributed by atoms with Crippen LogP contribution in [0.3, 0.4) is 0 Å². The Hall–Kier alpha value is -1.59. The summed E-state index contributed by atoms with van der Waals surface area (Å²) in [4.78, 5) is 32.7. The number of aliphatic carboxylic acids is 2. The van der Waals surface area contributed by atoms with Gasteiger partial charge in [0.15, 0.2) is 5.78 Å². The minimum atomic E-state index is -2.01. The highest BCUT2D eigenvalue weighted by Gasteiger charge is 2.30. The second-order valence-electron chi connectivity index (χ2n) is 4.36. The fourth-order valence-corrected chi connectivity index (χ4v) is 1.42. The van der Waals surface area contributed by atoms with Gasteiger partial charge in [-0.3, -0.25) is 19.7 Å². The van der Waals surface area contributed by atoms with Crippen molar-refractivity contribution in [2.24, 2.45) is 0 Å². The molecule has 0 saturated heterocycles. The molecule has 122 valence electrons. The number of carbonyl (C=O) groups excluding carboxylic acids is 1. The molecule has 0 amide bonds. The Labute approximate surface area is 119 Å². The van der Waals surface area contributed by atoms with Gasteiger partial charge in [-0.2, -0.15) is 0 Å². The van der Waals surface area contributed by atoms with Gasteiger partial charge in [-0.25, -0.2) is 0 Å². The molecule has 0 aromatic rings. The number of carboxylic acid groups (broad SMARTS) is 2. The third-order valence-electron chi connectivity index (χ3n) is 2.70. The summed E-state index contributed by atoms with van der Waals surface area (Å²) in [6.07, 6.45) is -6.33. The van der Waals surface area contributed by atoms with Crippen LogP contribution in [-0.4, -0.2) is 85.9 Å². The predicted molar refractivity (Wildman–Crippen MR) is 66.4 cm³/mol. The second-order valence-corrected chi connectivity index (χ2v) is 4.36. The lowest BCUT2D eigenvalue weighted by Gasteiger charge is -2.21. The smallest absolute Gasteiger partial charge is 0.320 e. The van der Waals surface area contributed by atoms with Crippen molar-refractivity contribution in [3.05, 3.63) is 0 Å². The molecule has 0 saturated carbocycles. The molecule has 0 radical (unpaired) electrons. The first-order valence-electron chi connectivity index (χ1n) is 6.06. The number of rotatable bonds is 11. The van der Waals surface area contributed by atoms with Crippen LogP contribution in [0.2, 0.25) is 0 Å². The first kappa shape index (κ1) is 19.4.